The van der Waals surface area contributed by atoms with Crippen LogP contribution < -0.4 is 0 Å². The molecule has 1 fully saturated rings. The van der Waals surface area contributed by atoms with Crippen molar-refractivity contribution >= 4 is 0 Å². The topological polar surface area (TPSA) is 36.2 Å². The molecule has 0 aromatic carbocycles. The minimum atomic E-state index is 0.336. The SMILES string of the molecule is N=NC1CCCCCCCCCCCCC1. The molecule has 0 radical (unpaired) electrons. The average Bonchev–Trinajstić information content (AvgIpc) is 2.32. The largest absolute Gasteiger partial charge is 0.210 e. The Labute approximate surface area is 101 Å². The molecule has 2 heteroatoms. The fraction of sp³-hybridized carbons (Fsp3) is 1.00. The van der Waals surface area contributed by atoms with Crippen molar-refractivity contribution < 1.29 is 0 Å². The number of rotatable bonds is 1. The Bertz CT molecular complexity index is 154. The van der Waals surface area contributed by atoms with Crippen LogP contribution in [0.2, 0.25) is 0 Å². The highest BCUT2D eigenvalue weighted by Gasteiger charge is 2.06. The van der Waals surface area contributed by atoms with Gasteiger partial charge in [-0.05, 0) is 12.8 Å². The van der Waals surface area contributed by atoms with Crippen molar-refractivity contribution in [1.82, 2.24) is 0 Å². The van der Waals surface area contributed by atoms with Gasteiger partial charge < -0.3 is 0 Å². The molecule has 0 unspecified atom stereocenters. The maximum absolute atomic E-state index is 7.19. The van der Waals surface area contributed by atoms with Crippen molar-refractivity contribution in [2.75, 3.05) is 0 Å². The van der Waals surface area contributed by atoms with Crippen LogP contribution in [0.1, 0.15) is 83.5 Å². The van der Waals surface area contributed by atoms with Crippen molar-refractivity contribution in [3.05, 3.63) is 0 Å². The van der Waals surface area contributed by atoms with Crippen LogP contribution in [0.15, 0.2) is 5.11 Å². The summed E-state index contributed by atoms with van der Waals surface area (Å²) in [6.07, 6.45) is 17.5. The minimum absolute atomic E-state index is 0.336. The molecule has 1 saturated carbocycles. The van der Waals surface area contributed by atoms with Crippen molar-refractivity contribution in [2.45, 2.75) is 89.5 Å². The van der Waals surface area contributed by atoms with Crippen LogP contribution >= 0.6 is 0 Å². The van der Waals surface area contributed by atoms with Crippen LogP contribution in [-0.2, 0) is 0 Å². The van der Waals surface area contributed by atoms with Gasteiger partial charge in [0.2, 0.25) is 0 Å². The Hall–Kier alpha value is -0.400. The second-order valence-electron chi connectivity index (χ2n) is 5.25. The zero-order valence-electron chi connectivity index (χ0n) is 10.7. The standard InChI is InChI=1S/C14H28N2/c15-16-14-12-10-8-6-4-2-1-3-5-7-9-11-13-14/h14-15H,1-13H2. The molecule has 1 rings (SSSR count). The highest BCUT2D eigenvalue weighted by molar-refractivity contribution is 4.64. The first-order valence-electron chi connectivity index (χ1n) is 7.30. The van der Waals surface area contributed by atoms with E-state index < -0.39 is 0 Å². The van der Waals surface area contributed by atoms with Gasteiger partial charge >= 0.3 is 0 Å². The van der Waals surface area contributed by atoms with E-state index in [-0.39, 0.29) is 0 Å². The highest BCUT2D eigenvalue weighted by Crippen LogP contribution is 2.18. The van der Waals surface area contributed by atoms with E-state index in [0.717, 1.165) is 12.8 Å². The summed E-state index contributed by atoms with van der Waals surface area (Å²) in [6.45, 7) is 0. The molecule has 0 aliphatic heterocycles. The maximum atomic E-state index is 7.19. The minimum Gasteiger partial charge on any atom is -0.210 e. The van der Waals surface area contributed by atoms with E-state index in [1.165, 1.54) is 70.6 Å². The highest BCUT2D eigenvalue weighted by atomic mass is 15.0. The van der Waals surface area contributed by atoms with E-state index in [2.05, 4.69) is 5.11 Å². The van der Waals surface area contributed by atoms with Gasteiger partial charge in [-0.3, -0.25) is 0 Å². The molecule has 16 heavy (non-hydrogen) atoms. The molecule has 1 aliphatic carbocycles. The molecular weight excluding hydrogens is 196 g/mol. The average molecular weight is 224 g/mol. The van der Waals surface area contributed by atoms with Gasteiger partial charge in [-0.25, -0.2) is 5.53 Å². The molecule has 0 aromatic rings. The maximum Gasteiger partial charge on any atom is 0.0705 e. The third-order valence-electron chi connectivity index (χ3n) is 3.76. The molecule has 0 saturated heterocycles. The van der Waals surface area contributed by atoms with Gasteiger partial charge in [-0.1, -0.05) is 70.6 Å². The van der Waals surface area contributed by atoms with Crippen molar-refractivity contribution in [2.24, 2.45) is 5.11 Å². The van der Waals surface area contributed by atoms with Crippen molar-refractivity contribution in [1.29, 1.82) is 5.53 Å². The second-order valence-corrected chi connectivity index (χ2v) is 5.25. The van der Waals surface area contributed by atoms with Crippen LogP contribution in [0.4, 0.5) is 0 Å². The van der Waals surface area contributed by atoms with Crippen LogP contribution in [0.5, 0.6) is 0 Å². The quantitative estimate of drug-likeness (QED) is 0.573. The summed E-state index contributed by atoms with van der Waals surface area (Å²) >= 11 is 0. The molecule has 94 valence electrons. The number of hydrogen-bond acceptors (Lipinski definition) is 2. The van der Waals surface area contributed by atoms with E-state index in [4.69, 9.17) is 5.53 Å². The van der Waals surface area contributed by atoms with E-state index in [9.17, 15) is 0 Å². The molecule has 0 heterocycles. The molecule has 0 atom stereocenters. The van der Waals surface area contributed by atoms with Gasteiger partial charge in [0.1, 0.15) is 0 Å². The first kappa shape index (κ1) is 13.7. The lowest BCUT2D eigenvalue weighted by atomic mass is 9.99. The first-order chi connectivity index (χ1) is 7.93. The lowest BCUT2D eigenvalue weighted by molar-refractivity contribution is 0.456. The third-order valence-corrected chi connectivity index (χ3v) is 3.76. The lowest BCUT2D eigenvalue weighted by Gasteiger charge is -2.11. The lowest BCUT2D eigenvalue weighted by Crippen LogP contribution is -2.03. The fourth-order valence-electron chi connectivity index (χ4n) is 2.62. The normalized spacial score (nSPS) is 23.5. The summed E-state index contributed by atoms with van der Waals surface area (Å²) in [7, 11) is 0. The summed E-state index contributed by atoms with van der Waals surface area (Å²) in [4.78, 5) is 0. The smallest absolute Gasteiger partial charge is 0.0705 e. The second kappa shape index (κ2) is 9.80. The first-order valence-corrected chi connectivity index (χ1v) is 7.30. The molecule has 0 spiro atoms. The van der Waals surface area contributed by atoms with Crippen LogP contribution in [0.3, 0.4) is 0 Å². The fourth-order valence-corrected chi connectivity index (χ4v) is 2.62. The molecule has 2 nitrogen and oxygen atoms in total. The van der Waals surface area contributed by atoms with E-state index in [0.29, 0.717) is 6.04 Å². The number of hydrogen-bond donors (Lipinski definition) is 1. The predicted octanol–water partition coefficient (Wildman–Crippen LogP) is 5.47. The summed E-state index contributed by atoms with van der Waals surface area (Å²) in [5.41, 5.74) is 7.19. The third kappa shape index (κ3) is 6.97. The van der Waals surface area contributed by atoms with E-state index >= 15 is 0 Å². The summed E-state index contributed by atoms with van der Waals surface area (Å²) in [5, 5.41) is 3.77. The zero-order chi connectivity index (χ0) is 11.5. The van der Waals surface area contributed by atoms with Gasteiger partial charge in [0.15, 0.2) is 0 Å². The molecule has 1 aliphatic rings. The Morgan fingerprint density at radius 3 is 1.19 bits per heavy atom. The Kier molecular flexibility index (Phi) is 8.37. The Morgan fingerprint density at radius 2 is 0.875 bits per heavy atom. The number of nitrogens with zero attached hydrogens (tertiary/aromatic N) is 1. The van der Waals surface area contributed by atoms with Crippen LogP contribution in [0, 0.1) is 5.53 Å². The molecule has 1 N–H and O–H groups in total. The van der Waals surface area contributed by atoms with Crippen LogP contribution in [0.25, 0.3) is 0 Å². The van der Waals surface area contributed by atoms with Gasteiger partial charge in [-0.2, -0.15) is 5.11 Å². The van der Waals surface area contributed by atoms with Gasteiger partial charge in [0, 0.05) is 0 Å². The van der Waals surface area contributed by atoms with Crippen LogP contribution in [-0.4, -0.2) is 6.04 Å². The molecule has 0 amide bonds. The predicted molar refractivity (Wildman–Crippen MR) is 69.0 cm³/mol. The zero-order valence-corrected chi connectivity index (χ0v) is 10.7. The summed E-state index contributed by atoms with van der Waals surface area (Å²) in [5.74, 6) is 0. The Balaban J connectivity index is 2.18. The summed E-state index contributed by atoms with van der Waals surface area (Å²) in [6, 6.07) is 0.336. The van der Waals surface area contributed by atoms with Gasteiger partial charge in [0.25, 0.3) is 0 Å². The van der Waals surface area contributed by atoms with Gasteiger partial charge in [0.05, 0.1) is 6.04 Å². The van der Waals surface area contributed by atoms with Gasteiger partial charge in [-0.15, -0.1) is 0 Å². The molecular formula is C14H28N2. The van der Waals surface area contributed by atoms with Crippen molar-refractivity contribution in [3.63, 3.8) is 0 Å². The van der Waals surface area contributed by atoms with E-state index in [1.54, 1.807) is 0 Å². The Morgan fingerprint density at radius 1 is 0.562 bits per heavy atom. The van der Waals surface area contributed by atoms with E-state index in [1.807, 2.05) is 0 Å². The van der Waals surface area contributed by atoms with Crippen molar-refractivity contribution in [3.8, 4) is 0 Å². The summed E-state index contributed by atoms with van der Waals surface area (Å²) < 4.78 is 0. The molecule has 0 bridgehead atoms. The molecule has 0 aromatic heterocycles. The number of nitrogens with one attached hydrogen (secondary N) is 1. The monoisotopic (exact) mass is 224 g/mol.